The van der Waals surface area contributed by atoms with E-state index in [9.17, 15) is 0 Å². The minimum absolute atomic E-state index is 0.209. The van der Waals surface area contributed by atoms with Gasteiger partial charge in [-0.05, 0) is 60.0 Å². The highest BCUT2D eigenvalue weighted by molar-refractivity contribution is 7.17. The van der Waals surface area contributed by atoms with Crippen molar-refractivity contribution in [3.63, 3.8) is 0 Å². The van der Waals surface area contributed by atoms with Crippen LogP contribution in [-0.2, 0) is 0 Å². The SMILES string of the molecule is CCOc1ccc(C(c2csc3ccccc23)N2CCCNCC2)cc1OC. The first kappa shape index (κ1) is 19.2. The third kappa shape index (κ3) is 3.88. The molecule has 4 rings (SSSR count). The van der Waals surface area contributed by atoms with E-state index in [4.69, 9.17) is 9.47 Å². The lowest BCUT2D eigenvalue weighted by Crippen LogP contribution is -2.33. The zero-order chi connectivity index (χ0) is 19.3. The Labute approximate surface area is 171 Å². The van der Waals surface area contributed by atoms with E-state index in [-0.39, 0.29) is 6.04 Å². The van der Waals surface area contributed by atoms with Crippen molar-refractivity contribution in [1.82, 2.24) is 10.2 Å². The highest BCUT2D eigenvalue weighted by Gasteiger charge is 2.26. The lowest BCUT2D eigenvalue weighted by atomic mass is 9.95. The highest BCUT2D eigenvalue weighted by atomic mass is 32.1. The van der Waals surface area contributed by atoms with Crippen LogP contribution in [0.3, 0.4) is 0 Å². The van der Waals surface area contributed by atoms with Crippen LogP contribution in [0.15, 0.2) is 47.8 Å². The Kier molecular flexibility index (Phi) is 6.15. The van der Waals surface area contributed by atoms with Gasteiger partial charge in [0.1, 0.15) is 0 Å². The zero-order valence-electron chi connectivity index (χ0n) is 16.6. The van der Waals surface area contributed by atoms with E-state index >= 15 is 0 Å². The van der Waals surface area contributed by atoms with Gasteiger partial charge in [0.25, 0.3) is 0 Å². The molecule has 1 saturated heterocycles. The van der Waals surface area contributed by atoms with Gasteiger partial charge in [-0.1, -0.05) is 24.3 Å². The Morgan fingerprint density at radius 1 is 1.11 bits per heavy atom. The molecule has 1 aromatic heterocycles. The number of hydrogen-bond acceptors (Lipinski definition) is 5. The third-order valence-electron chi connectivity index (χ3n) is 5.35. The minimum Gasteiger partial charge on any atom is -0.493 e. The molecule has 0 saturated carbocycles. The standard InChI is InChI=1S/C23H28N2O2S/c1-3-27-20-10-9-17(15-21(20)26-2)23(25-13-6-11-24-12-14-25)19-16-28-22-8-5-4-7-18(19)22/h4-5,7-10,15-16,23-24H,3,6,11-14H2,1-2H3. The third-order valence-corrected chi connectivity index (χ3v) is 6.33. The topological polar surface area (TPSA) is 33.7 Å². The van der Waals surface area contributed by atoms with Crippen molar-refractivity contribution in [2.45, 2.75) is 19.4 Å². The number of hydrogen-bond donors (Lipinski definition) is 1. The number of nitrogens with one attached hydrogen (secondary N) is 1. The molecule has 1 aliphatic heterocycles. The van der Waals surface area contributed by atoms with Crippen LogP contribution in [0, 0.1) is 0 Å². The number of nitrogens with zero attached hydrogens (tertiary/aromatic N) is 1. The van der Waals surface area contributed by atoms with Gasteiger partial charge in [-0.2, -0.15) is 0 Å². The molecule has 4 nitrogen and oxygen atoms in total. The van der Waals surface area contributed by atoms with Crippen molar-refractivity contribution < 1.29 is 9.47 Å². The second-order valence-electron chi connectivity index (χ2n) is 7.07. The summed E-state index contributed by atoms with van der Waals surface area (Å²) in [6, 6.07) is 15.3. The summed E-state index contributed by atoms with van der Waals surface area (Å²) in [7, 11) is 1.71. The maximum atomic E-state index is 5.74. The number of fused-ring (bicyclic) bond motifs is 1. The van der Waals surface area contributed by atoms with Crippen LogP contribution in [0.25, 0.3) is 10.1 Å². The van der Waals surface area contributed by atoms with Crippen molar-refractivity contribution in [2.75, 3.05) is 39.9 Å². The van der Waals surface area contributed by atoms with Gasteiger partial charge in [-0.25, -0.2) is 0 Å². The summed E-state index contributed by atoms with van der Waals surface area (Å²) in [6.07, 6.45) is 1.16. The Balaban J connectivity index is 1.81. The normalized spacial score (nSPS) is 16.6. The summed E-state index contributed by atoms with van der Waals surface area (Å²) in [5, 5.41) is 7.21. The summed E-state index contributed by atoms with van der Waals surface area (Å²) in [6.45, 7) is 6.85. The molecule has 3 aromatic rings. The molecule has 0 amide bonds. The van der Waals surface area contributed by atoms with E-state index in [1.54, 1.807) is 7.11 Å². The number of ether oxygens (including phenoxy) is 2. The van der Waals surface area contributed by atoms with Gasteiger partial charge in [0, 0.05) is 24.3 Å². The van der Waals surface area contributed by atoms with E-state index < -0.39 is 0 Å². The maximum Gasteiger partial charge on any atom is 0.161 e. The molecular formula is C23H28N2O2S. The quantitative estimate of drug-likeness (QED) is 0.655. The molecule has 148 valence electrons. The summed E-state index contributed by atoms with van der Waals surface area (Å²) in [5.74, 6) is 1.61. The van der Waals surface area contributed by atoms with Gasteiger partial charge in [0.2, 0.25) is 0 Å². The van der Waals surface area contributed by atoms with E-state index in [2.05, 4.69) is 58.1 Å². The van der Waals surface area contributed by atoms with Crippen molar-refractivity contribution in [2.24, 2.45) is 0 Å². The van der Waals surface area contributed by atoms with Crippen LogP contribution < -0.4 is 14.8 Å². The Morgan fingerprint density at radius 2 is 2.00 bits per heavy atom. The molecular weight excluding hydrogens is 368 g/mol. The number of methoxy groups -OCH3 is 1. The van der Waals surface area contributed by atoms with Crippen LogP contribution in [0.4, 0.5) is 0 Å². The molecule has 2 heterocycles. The second-order valence-corrected chi connectivity index (χ2v) is 7.98. The number of benzene rings is 2. The summed E-state index contributed by atoms with van der Waals surface area (Å²) in [5.41, 5.74) is 2.64. The predicted octanol–water partition coefficient (Wildman–Crippen LogP) is 4.69. The molecule has 1 fully saturated rings. The Bertz CT molecular complexity index is 916. The molecule has 0 bridgehead atoms. The number of thiophene rings is 1. The van der Waals surface area contributed by atoms with E-state index in [0.29, 0.717) is 6.61 Å². The van der Waals surface area contributed by atoms with Crippen LogP contribution in [0.5, 0.6) is 11.5 Å². The van der Waals surface area contributed by atoms with E-state index in [0.717, 1.165) is 44.1 Å². The lowest BCUT2D eigenvalue weighted by Gasteiger charge is -2.31. The molecule has 2 aromatic carbocycles. The molecule has 0 radical (unpaired) electrons. The maximum absolute atomic E-state index is 5.74. The van der Waals surface area contributed by atoms with Crippen LogP contribution >= 0.6 is 11.3 Å². The molecule has 1 aliphatic rings. The monoisotopic (exact) mass is 396 g/mol. The fourth-order valence-corrected chi connectivity index (χ4v) is 5.03. The summed E-state index contributed by atoms with van der Waals surface area (Å²) in [4.78, 5) is 2.60. The lowest BCUT2D eigenvalue weighted by molar-refractivity contribution is 0.241. The van der Waals surface area contributed by atoms with Crippen LogP contribution in [0.2, 0.25) is 0 Å². The van der Waals surface area contributed by atoms with Crippen LogP contribution in [-0.4, -0.2) is 44.8 Å². The molecule has 1 atom stereocenters. The van der Waals surface area contributed by atoms with Crippen molar-refractivity contribution in [3.05, 3.63) is 59.0 Å². The number of rotatable bonds is 6. The van der Waals surface area contributed by atoms with Gasteiger partial charge >= 0.3 is 0 Å². The predicted molar refractivity (Wildman–Crippen MR) is 117 cm³/mol. The smallest absolute Gasteiger partial charge is 0.161 e. The summed E-state index contributed by atoms with van der Waals surface area (Å²) < 4.78 is 12.7. The minimum atomic E-state index is 0.209. The first-order valence-electron chi connectivity index (χ1n) is 10.0. The van der Waals surface area contributed by atoms with Gasteiger partial charge in [-0.15, -0.1) is 11.3 Å². The van der Waals surface area contributed by atoms with Crippen LogP contribution in [0.1, 0.15) is 30.5 Å². The summed E-state index contributed by atoms with van der Waals surface area (Å²) >= 11 is 1.83. The fraction of sp³-hybridized carbons (Fsp3) is 0.391. The molecule has 1 unspecified atom stereocenters. The molecule has 5 heteroatoms. The van der Waals surface area contributed by atoms with Crippen molar-refractivity contribution in [1.29, 1.82) is 0 Å². The molecule has 1 N–H and O–H groups in total. The second kappa shape index (κ2) is 8.95. The van der Waals surface area contributed by atoms with Gasteiger partial charge < -0.3 is 14.8 Å². The average Bonchev–Trinajstić information content (AvgIpc) is 2.96. The first-order valence-corrected chi connectivity index (χ1v) is 10.9. The molecule has 28 heavy (non-hydrogen) atoms. The largest absolute Gasteiger partial charge is 0.493 e. The van der Waals surface area contributed by atoms with Gasteiger partial charge in [0.05, 0.1) is 19.8 Å². The average molecular weight is 397 g/mol. The molecule has 0 aliphatic carbocycles. The Hall–Kier alpha value is -2.08. The van der Waals surface area contributed by atoms with Crippen molar-refractivity contribution >= 4 is 21.4 Å². The van der Waals surface area contributed by atoms with E-state index in [1.807, 2.05) is 18.3 Å². The zero-order valence-corrected chi connectivity index (χ0v) is 17.4. The van der Waals surface area contributed by atoms with Crippen molar-refractivity contribution in [3.8, 4) is 11.5 Å². The van der Waals surface area contributed by atoms with Gasteiger partial charge in [0.15, 0.2) is 11.5 Å². The molecule has 0 spiro atoms. The van der Waals surface area contributed by atoms with Gasteiger partial charge in [-0.3, -0.25) is 4.90 Å². The van der Waals surface area contributed by atoms with E-state index in [1.165, 1.54) is 21.2 Å². The highest BCUT2D eigenvalue weighted by Crippen LogP contribution is 2.40. The Morgan fingerprint density at radius 3 is 2.86 bits per heavy atom. The first-order chi connectivity index (χ1) is 13.8. The fourth-order valence-electron chi connectivity index (χ4n) is 4.05.